The molecule has 0 N–H and O–H groups in total. The Morgan fingerprint density at radius 3 is 2.11 bits per heavy atom. The molecule has 0 aliphatic heterocycles. The van der Waals surface area contributed by atoms with Gasteiger partial charge in [-0.15, -0.1) is 0 Å². The molecule has 0 amide bonds. The zero-order valence-corrected chi connectivity index (χ0v) is 18.5. The number of sulfone groups is 1. The van der Waals surface area contributed by atoms with Crippen LogP contribution in [0.5, 0.6) is 5.75 Å². The highest BCUT2D eigenvalue weighted by molar-refractivity contribution is 7.90. The van der Waals surface area contributed by atoms with Crippen molar-refractivity contribution >= 4 is 18.4 Å². The van der Waals surface area contributed by atoms with Crippen LogP contribution in [0.15, 0.2) is 53.4 Å². The van der Waals surface area contributed by atoms with Gasteiger partial charge in [0.2, 0.25) is 0 Å². The Morgan fingerprint density at radius 2 is 1.57 bits per heavy atom. The van der Waals surface area contributed by atoms with Crippen LogP contribution < -0.4 is 4.74 Å². The van der Waals surface area contributed by atoms with E-state index < -0.39 is 24.2 Å². The fourth-order valence-electron chi connectivity index (χ4n) is 2.81. The van der Waals surface area contributed by atoms with Gasteiger partial charge < -0.3 is 13.6 Å². The Bertz CT molecular complexity index is 849. The zero-order valence-electron chi connectivity index (χ0n) is 16.6. The van der Waals surface area contributed by atoms with E-state index in [1.807, 2.05) is 6.55 Å². The SMILES string of the molecule is CO[Si](C)(CC(C)COc1ccc(CS(=O)(=O)c2ccc(F)cc2)cc1)OC. The molecule has 2 aromatic carbocycles. The summed E-state index contributed by atoms with van der Waals surface area (Å²) in [4.78, 5) is 0.103. The Labute approximate surface area is 167 Å². The van der Waals surface area contributed by atoms with Crippen LogP contribution in [0, 0.1) is 11.7 Å². The molecule has 0 aliphatic carbocycles. The summed E-state index contributed by atoms with van der Waals surface area (Å²) in [5, 5.41) is 0. The second kappa shape index (κ2) is 9.64. The topological polar surface area (TPSA) is 61.8 Å². The maximum Gasteiger partial charge on any atom is 0.334 e. The lowest BCUT2D eigenvalue weighted by Gasteiger charge is -2.26. The normalized spacial score (nSPS) is 13.3. The van der Waals surface area contributed by atoms with E-state index in [0.717, 1.165) is 18.2 Å². The van der Waals surface area contributed by atoms with Crippen LogP contribution >= 0.6 is 0 Å². The van der Waals surface area contributed by atoms with Crippen molar-refractivity contribution < 1.29 is 26.4 Å². The Kier molecular flexibility index (Phi) is 7.76. The minimum Gasteiger partial charge on any atom is -0.493 e. The van der Waals surface area contributed by atoms with E-state index in [-0.39, 0.29) is 16.6 Å². The van der Waals surface area contributed by atoms with Gasteiger partial charge in [-0.25, -0.2) is 12.8 Å². The lowest BCUT2D eigenvalue weighted by molar-refractivity contribution is 0.222. The van der Waals surface area contributed by atoms with Crippen molar-refractivity contribution in [2.24, 2.45) is 5.92 Å². The summed E-state index contributed by atoms with van der Waals surface area (Å²) in [6.07, 6.45) is 0. The lowest BCUT2D eigenvalue weighted by atomic mass is 10.2. The van der Waals surface area contributed by atoms with Crippen LogP contribution in [0.3, 0.4) is 0 Å². The van der Waals surface area contributed by atoms with Crippen molar-refractivity contribution in [3.8, 4) is 5.75 Å². The van der Waals surface area contributed by atoms with Crippen LogP contribution in [0.1, 0.15) is 12.5 Å². The molecule has 0 saturated heterocycles. The van der Waals surface area contributed by atoms with Crippen molar-refractivity contribution in [1.82, 2.24) is 0 Å². The lowest BCUT2D eigenvalue weighted by Crippen LogP contribution is -2.38. The van der Waals surface area contributed by atoms with Crippen LogP contribution in [0.2, 0.25) is 12.6 Å². The average molecular weight is 427 g/mol. The van der Waals surface area contributed by atoms with Crippen molar-refractivity contribution in [3.05, 3.63) is 59.9 Å². The van der Waals surface area contributed by atoms with Gasteiger partial charge in [-0.1, -0.05) is 19.1 Å². The number of hydrogen-bond acceptors (Lipinski definition) is 5. The number of benzene rings is 2. The van der Waals surface area contributed by atoms with Crippen molar-refractivity contribution in [3.63, 3.8) is 0 Å². The second-order valence-electron chi connectivity index (χ2n) is 7.02. The molecule has 154 valence electrons. The maximum absolute atomic E-state index is 13.0. The summed E-state index contributed by atoms with van der Waals surface area (Å²) in [6.45, 7) is 4.61. The quantitative estimate of drug-likeness (QED) is 0.421. The number of ether oxygens (including phenoxy) is 1. The summed E-state index contributed by atoms with van der Waals surface area (Å²) in [5.41, 5.74) is 0.642. The number of rotatable bonds is 10. The smallest absolute Gasteiger partial charge is 0.334 e. The van der Waals surface area contributed by atoms with Crippen molar-refractivity contribution in [2.45, 2.75) is 30.2 Å². The molecule has 28 heavy (non-hydrogen) atoms. The first-order valence-electron chi connectivity index (χ1n) is 8.98. The average Bonchev–Trinajstić information content (AvgIpc) is 2.67. The van der Waals surface area contributed by atoms with Gasteiger partial charge in [0.25, 0.3) is 0 Å². The number of halogens is 1. The molecule has 2 aromatic rings. The van der Waals surface area contributed by atoms with E-state index in [4.69, 9.17) is 13.6 Å². The minimum absolute atomic E-state index is 0.103. The molecule has 2 rings (SSSR count). The first-order chi connectivity index (χ1) is 13.2. The Balaban J connectivity index is 1.93. The summed E-state index contributed by atoms with van der Waals surface area (Å²) >= 11 is 0. The molecule has 8 heteroatoms. The van der Waals surface area contributed by atoms with Gasteiger partial charge in [-0.05, 0) is 60.5 Å². The molecule has 0 saturated carbocycles. The first kappa shape index (κ1) is 22.5. The molecule has 1 atom stereocenters. The molecule has 0 bridgehead atoms. The van der Waals surface area contributed by atoms with Gasteiger partial charge in [0.1, 0.15) is 11.6 Å². The monoisotopic (exact) mass is 426 g/mol. The van der Waals surface area contributed by atoms with E-state index in [9.17, 15) is 12.8 Å². The highest BCUT2D eigenvalue weighted by Gasteiger charge is 2.31. The fraction of sp³-hybridized carbons (Fsp3) is 0.400. The molecular formula is C20H27FO5SSi. The van der Waals surface area contributed by atoms with Crippen molar-refractivity contribution in [1.29, 1.82) is 0 Å². The molecule has 0 aromatic heterocycles. The van der Waals surface area contributed by atoms with E-state index in [0.29, 0.717) is 17.9 Å². The van der Waals surface area contributed by atoms with Crippen LogP contribution in [-0.4, -0.2) is 37.8 Å². The van der Waals surface area contributed by atoms with Gasteiger partial charge in [-0.2, -0.15) is 0 Å². The van der Waals surface area contributed by atoms with Crippen LogP contribution in [-0.2, 0) is 24.4 Å². The first-order valence-corrected chi connectivity index (χ1v) is 13.2. The van der Waals surface area contributed by atoms with Crippen LogP contribution in [0.4, 0.5) is 4.39 Å². The largest absolute Gasteiger partial charge is 0.493 e. The summed E-state index contributed by atoms with van der Waals surface area (Å²) in [5.74, 6) is 0.317. The molecule has 1 unspecified atom stereocenters. The van der Waals surface area contributed by atoms with Gasteiger partial charge in [0.05, 0.1) is 17.3 Å². The number of hydrogen-bond donors (Lipinski definition) is 0. The molecule has 0 aliphatic rings. The third kappa shape index (κ3) is 6.41. The second-order valence-corrected chi connectivity index (χ2v) is 12.5. The Hall–Kier alpha value is -1.74. The zero-order chi connectivity index (χ0) is 20.8. The maximum atomic E-state index is 13.0. The van der Waals surface area contributed by atoms with E-state index >= 15 is 0 Å². The van der Waals surface area contributed by atoms with E-state index in [1.165, 1.54) is 12.1 Å². The minimum atomic E-state index is -3.53. The standard InChI is InChI=1S/C20H27FO5SSi/c1-16(15-28(4,24-2)25-3)13-26-19-9-5-17(6-10-19)14-27(22,23)20-11-7-18(21)8-12-20/h5-12,16H,13-15H2,1-4H3. The predicted octanol–water partition coefficient (Wildman–Crippen LogP) is 4.18. The predicted molar refractivity (Wildman–Crippen MR) is 109 cm³/mol. The van der Waals surface area contributed by atoms with Crippen molar-refractivity contribution in [2.75, 3.05) is 20.8 Å². The molecule has 0 fully saturated rings. The molecule has 0 heterocycles. The van der Waals surface area contributed by atoms with E-state index in [2.05, 4.69) is 6.92 Å². The van der Waals surface area contributed by atoms with Gasteiger partial charge in [0, 0.05) is 14.2 Å². The van der Waals surface area contributed by atoms with E-state index in [1.54, 1.807) is 38.5 Å². The fourth-order valence-corrected chi connectivity index (χ4v) is 6.04. The summed E-state index contributed by atoms with van der Waals surface area (Å²) in [6, 6.07) is 12.6. The van der Waals surface area contributed by atoms with Gasteiger partial charge in [-0.3, -0.25) is 0 Å². The van der Waals surface area contributed by atoms with Gasteiger partial charge in [0.15, 0.2) is 9.84 Å². The molecule has 5 nitrogen and oxygen atoms in total. The third-order valence-corrected chi connectivity index (χ3v) is 9.44. The Morgan fingerprint density at radius 1 is 1.00 bits per heavy atom. The highest BCUT2D eigenvalue weighted by Crippen LogP contribution is 2.22. The molecular weight excluding hydrogens is 399 g/mol. The van der Waals surface area contributed by atoms with Gasteiger partial charge >= 0.3 is 8.56 Å². The summed E-state index contributed by atoms with van der Waals surface area (Å²) < 4.78 is 54.6. The molecule has 0 radical (unpaired) electrons. The third-order valence-electron chi connectivity index (χ3n) is 4.57. The molecule has 0 spiro atoms. The summed E-state index contributed by atoms with van der Waals surface area (Å²) in [7, 11) is -2.33. The highest BCUT2D eigenvalue weighted by atomic mass is 32.2. The van der Waals surface area contributed by atoms with Crippen LogP contribution in [0.25, 0.3) is 0 Å².